The van der Waals surface area contributed by atoms with Gasteiger partial charge in [0.15, 0.2) is 0 Å². The summed E-state index contributed by atoms with van der Waals surface area (Å²) in [6.45, 7) is 0. The number of fused-ring (bicyclic) bond motifs is 2. The summed E-state index contributed by atoms with van der Waals surface area (Å²) in [5.74, 6) is 3.69. The molecule has 2 atom stereocenters. The van der Waals surface area contributed by atoms with E-state index in [4.69, 9.17) is 20.8 Å². The molecule has 2 aliphatic heterocycles. The molecule has 0 radical (unpaired) electrons. The minimum Gasteiger partial charge on any atom is -0.457 e. The van der Waals surface area contributed by atoms with Gasteiger partial charge in [0.25, 0.3) is 0 Å². The van der Waals surface area contributed by atoms with Crippen molar-refractivity contribution >= 4 is 29.1 Å². The van der Waals surface area contributed by atoms with Crippen molar-refractivity contribution in [3.05, 3.63) is 160 Å². The van der Waals surface area contributed by atoms with Crippen molar-refractivity contribution in [3.63, 3.8) is 0 Å². The third-order valence-electron chi connectivity index (χ3n) is 9.45. The monoisotopic (exact) mass is 665 g/mol. The van der Waals surface area contributed by atoms with E-state index in [1.54, 1.807) is 0 Å². The largest absolute Gasteiger partial charge is 0.457 e. The van der Waals surface area contributed by atoms with Gasteiger partial charge >= 0.3 is 0 Å². The summed E-state index contributed by atoms with van der Waals surface area (Å²) in [5, 5.41) is 2.02. The van der Waals surface area contributed by atoms with Crippen LogP contribution in [0.2, 0.25) is 0 Å². The smallest absolute Gasteiger partial charge is 0.203 e. The van der Waals surface area contributed by atoms with Crippen molar-refractivity contribution in [3.8, 4) is 28.4 Å². The summed E-state index contributed by atoms with van der Waals surface area (Å²) in [5.41, 5.74) is 7.75. The number of ether oxygens (including phenoxy) is 1. The van der Waals surface area contributed by atoms with Crippen molar-refractivity contribution in [1.29, 1.82) is 0 Å². The standard InChI is InChI=1S/C44H42ClN2O2/c1-46(2)36-22-24-38-34(26-40(48-42(38)28-36)30-12-7-5-8-13-30)20-18-32-16-11-17-33(44(32)45)19-21-35-27-41(31-14-9-6-10-15-31)49-43-29-37(47(3)4)23-25-39(35)43/h5-10,12-15,18-29,32,34H,11,16-17H2,1-4H3/q+1/b20-18+,21-19+. The van der Waals surface area contributed by atoms with Crippen LogP contribution in [0.1, 0.15) is 41.9 Å². The maximum atomic E-state index is 7.22. The Morgan fingerprint density at radius 2 is 1.55 bits per heavy atom. The van der Waals surface area contributed by atoms with Crippen molar-refractivity contribution < 1.29 is 9.15 Å². The minimum absolute atomic E-state index is 0.0726. The average molecular weight is 666 g/mol. The Morgan fingerprint density at radius 1 is 0.796 bits per heavy atom. The van der Waals surface area contributed by atoms with Gasteiger partial charge < -0.3 is 14.1 Å². The fraction of sp³-hybridized carbons (Fsp3) is 0.205. The zero-order chi connectivity index (χ0) is 33.9. The molecule has 246 valence electrons. The third-order valence-corrected chi connectivity index (χ3v) is 9.97. The van der Waals surface area contributed by atoms with Gasteiger partial charge in [-0.05, 0) is 54.7 Å². The predicted octanol–water partition coefficient (Wildman–Crippen LogP) is 10.2. The molecule has 0 aromatic heterocycles. The highest BCUT2D eigenvalue weighted by Gasteiger charge is 2.24. The van der Waals surface area contributed by atoms with E-state index in [-0.39, 0.29) is 11.8 Å². The number of allylic oxidation sites excluding steroid dienone is 6. The Morgan fingerprint density at radius 3 is 2.29 bits per heavy atom. The molecule has 2 unspecified atom stereocenters. The molecule has 0 fully saturated rings. The van der Waals surface area contributed by atoms with E-state index in [1.165, 1.54) is 5.57 Å². The quantitative estimate of drug-likeness (QED) is 0.128. The van der Waals surface area contributed by atoms with E-state index in [2.05, 4.69) is 121 Å². The van der Waals surface area contributed by atoms with Crippen LogP contribution in [0.3, 0.4) is 0 Å². The molecule has 5 heteroatoms. The Hall–Kier alpha value is -5.06. The first-order chi connectivity index (χ1) is 23.8. The molecule has 0 amide bonds. The molecular formula is C44H42ClN2O2+. The van der Waals surface area contributed by atoms with Crippen molar-refractivity contribution in [2.45, 2.75) is 25.2 Å². The van der Waals surface area contributed by atoms with E-state index in [0.29, 0.717) is 0 Å². The SMILES string of the molecule is CN(C)c1ccc2c(c1)OC(c1ccccc1)=CC2/C=C/C1CCCC(/C=C/c2cc(-c3ccccc3)oc3cc(=[N+](C)C)ccc2-3)=C1Cl. The average Bonchev–Trinajstić information content (AvgIpc) is 3.13. The van der Waals surface area contributed by atoms with Gasteiger partial charge in [0.05, 0.1) is 6.07 Å². The highest BCUT2D eigenvalue weighted by atomic mass is 35.5. The molecule has 2 heterocycles. The van der Waals surface area contributed by atoms with Gasteiger partial charge in [0.1, 0.15) is 37.1 Å². The van der Waals surface area contributed by atoms with Crippen LogP contribution in [0.4, 0.5) is 5.69 Å². The fourth-order valence-electron chi connectivity index (χ4n) is 6.63. The van der Waals surface area contributed by atoms with Crippen LogP contribution in [0.15, 0.2) is 142 Å². The number of anilines is 1. The number of rotatable bonds is 7. The maximum Gasteiger partial charge on any atom is 0.203 e. The summed E-state index contributed by atoms with van der Waals surface area (Å²) in [7, 11) is 8.20. The van der Waals surface area contributed by atoms with Crippen LogP contribution >= 0.6 is 11.6 Å². The van der Waals surface area contributed by atoms with Gasteiger partial charge in [0, 0.05) is 71.0 Å². The Balaban J connectivity index is 1.21. The molecule has 4 aliphatic rings. The molecular weight excluding hydrogens is 624 g/mol. The molecule has 0 saturated heterocycles. The third kappa shape index (κ3) is 7.06. The first-order valence-electron chi connectivity index (χ1n) is 17.0. The number of nitrogens with zero attached hydrogens (tertiary/aromatic N) is 2. The first kappa shape index (κ1) is 32.5. The molecule has 0 bridgehead atoms. The molecule has 0 N–H and O–H groups in total. The lowest BCUT2D eigenvalue weighted by molar-refractivity contribution is 0.493. The molecule has 2 aliphatic carbocycles. The summed E-state index contributed by atoms with van der Waals surface area (Å²) < 4.78 is 15.0. The highest BCUT2D eigenvalue weighted by molar-refractivity contribution is 6.30. The van der Waals surface area contributed by atoms with Gasteiger partial charge in [-0.3, -0.25) is 0 Å². The van der Waals surface area contributed by atoms with Gasteiger partial charge in [-0.2, -0.15) is 0 Å². The van der Waals surface area contributed by atoms with Crippen LogP contribution in [0.5, 0.6) is 5.75 Å². The summed E-state index contributed by atoms with van der Waals surface area (Å²) >= 11 is 7.22. The zero-order valence-corrected chi connectivity index (χ0v) is 29.3. The zero-order valence-electron chi connectivity index (χ0n) is 28.6. The Bertz CT molecular complexity index is 2130. The molecule has 3 aromatic rings. The van der Waals surface area contributed by atoms with E-state index >= 15 is 0 Å². The molecule has 49 heavy (non-hydrogen) atoms. The summed E-state index contributed by atoms with van der Waals surface area (Å²) in [4.78, 5) is 2.10. The lowest BCUT2D eigenvalue weighted by Crippen LogP contribution is -2.21. The van der Waals surface area contributed by atoms with E-state index < -0.39 is 0 Å². The summed E-state index contributed by atoms with van der Waals surface area (Å²) in [6.07, 6.45) is 14.3. The number of benzene rings is 4. The highest BCUT2D eigenvalue weighted by Crippen LogP contribution is 2.42. The topological polar surface area (TPSA) is 28.6 Å². The van der Waals surface area contributed by atoms with Crippen molar-refractivity contribution in [2.24, 2.45) is 5.92 Å². The Labute approximate surface area is 294 Å². The fourth-order valence-corrected chi connectivity index (χ4v) is 6.97. The lowest BCUT2D eigenvalue weighted by Gasteiger charge is -2.26. The maximum absolute atomic E-state index is 7.22. The molecule has 0 saturated carbocycles. The van der Waals surface area contributed by atoms with Crippen molar-refractivity contribution in [1.82, 2.24) is 4.58 Å². The first-order valence-corrected chi connectivity index (χ1v) is 17.4. The second-order valence-corrected chi connectivity index (χ2v) is 13.6. The number of hydrogen-bond acceptors (Lipinski definition) is 3. The normalized spacial score (nSPS) is 17.7. The van der Waals surface area contributed by atoms with Crippen LogP contribution < -0.4 is 19.6 Å². The van der Waals surface area contributed by atoms with Gasteiger partial charge in [0.2, 0.25) is 5.36 Å². The number of halogens is 1. The summed E-state index contributed by atoms with van der Waals surface area (Å²) in [6, 6.07) is 35.6. The van der Waals surface area contributed by atoms with Gasteiger partial charge in [-0.1, -0.05) is 103 Å². The van der Waals surface area contributed by atoms with Gasteiger partial charge in [-0.25, -0.2) is 4.58 Å². The van der Waals surface area contributed by atoms with Crippen LogP contribution in [0.25, 0.3) is 34.5 Å². The number of hydrogen-bond donors (Lipinski definition) is 0. The predicted molar refractivity (Wildman–Crippen MR) is 205 cm³/mol. The second-order valence-electron chi connectivity index (χ2n) is 13.2. The molecule has 4 nitrogen and oxygen atoms in total. The van der Waals surface area contributed by atoms with Crippen LogP contribution in [0, 0.1) is 5.92 Å². The van der Waals surface area contributed by atoms with E-state index in [1.807, 2.05) is 50.5 Å². The van der Waals surface area contributed by atoms with Crippen molar-refractivity contribution in [2.75, 3.05) is 33.1 Å². The van der Waals surface area contributed by atoms with E-state index in [9.17, 15) is 0 Å². The molecule has 0 spiro atoms. The Kier molecular flexibility index (Phi) is 9.41. The minimum atomic E-state index is 0.0726. The second kappa shape index (κ2) is 14.2. The molecule has 7 rings (SSSR count). The lowest BCUT2D eigenvalue weighted by atomic mass is 9.87. The van der Waals surface area contributed by atoms with Crippen LogP contribution in [-0.4, -0.2) is 28.2 Å². The van der Waals surface area contributed by atoms with Gasteiger partial charge in [-0.15, -0.1) is 0 Å². The molecule has 3 aromatic carbocycles. The van der Waals surface area contributed by atoms with Crippen LogP contribution in [-0.2, 0) is 0 Å². The van der Waals surface area contributed by atoms with E-state index in [0.717, 1.165) is 86.2 Å².